The molecule has 0 aliphatic rings. The van der Waals surface area contributed by atoms with Gasteiger partial charge in [-0.1, -0.05) is 12.1 Å². The van der Waals surface area contributed by atoms with Gasteiger partial charge in [0, 0.05) is 25.8 Å². The van der Waals surface area contributed by atoms with E-state index in [4.69, 9.17) is 17.0 Å². The topological polar surface area (TPSA) is 166 Å². The third-order valence-corrected chi connectivity index (χ3v) is 4.03. The number of methoxy groups -OCH3 is 1. The van der Waals surface area contributed by atoms with Crippen molar-refractivity contribution in [3.8, 4) is 0 Å². The number of nitro benzene ring substituents is 2. The number of hydrogen-bond acceptors (Lipinski definition) is 8. The van der Waals surface area contributed by atoms with Crippen LogP contribution in [0.15, 0.2) is 42.5 Å². The molecule has 0 aromatic heterocycles. The zero-order valence-electron chi connectivity index (χ0n) is 16.1. The second-order valence-electron chi connectivity index (χ2n) is 5.95. The fourth-order valence-electron chi connectivity index (χ4n) is 2.42. The van der Waals surface area contributed by atoms with Gasteiger partial charge in [0.2, 0.25) is 0 Å². The lowest BCUT2D eigenvalue weighted by molar-refractivity contribution is -0.394. The molecule has 0 aliphatic heterocycles. The van der Waals surface area contributed by atoms with Crippen molar-refractivity contribution in [2.45, 2.75) is 0 Å². The van der Waals surface area contributed by atoms with Crippen molar-refractivity contribution in [1.29, 1.82) is 0 Å². The Labute approximate surface area is 180 Å². The summed E-state index contributed by atoms with van der Waals surface area (Å²) in [6, 6.07) is 8.90. The van der Waals surface area contributed by atoms with Crippen molar-refractivity contribution in [2.75, 3.05) is 25.6 Å². The standard InChI is InChI=1S/C18H17N5O7S/c1-30-7-6-19-17(25)14-4-2-3-5-15(14)20-18(31)21-16(24)11-8-12(22(26)27)10-13(9-11)23(28)29/h2-5,8-10H,6-7H2,1H3,(H,19,25)(H2,20,21,24,31). The van der Waals surface area contributed by atoms with Crippen LogP contribution in [-0.4, -0.2) is 47.0 Å². The lowest BCUT2D eigenvalue weighted by Gasteiger charge is -2.13. The van der Waals surface area contributed by atoms with E-state index in [1.165, 1.54) is 7.11 Å². The molecule has 0 unspecified atom stereocenters. The van der Waals surface area contributed by atoms with E-state index in [1.807, 2.05) is 0 Å². The molecule has 0 atom stereocenters. The number of nitrogens with zero attached hydrogens (tertiary/aromatic N) is 2. The number of anilines is 1. The van der Waals surface area contributed by atoms with Crippen LogP contribution in [0, 0.1) is 20.2 Å². The van der Waals surface area contributed by atoms with Gasteiger partial charge in [-0.15, -0.1) is 0 Å². The number of rotatable bonds is 8. The molecule has 0 saturated carbocycles. The van der Waals surface area contributed by atoms with Crippen molar-refractivity contribution in [1.82, 2.24) is 10.6 Å². The fourth-order valence-corrected chi connectivity index (χ4v) is 2.62. The number of para-hydroxylation sites is 1. The molecule has 0 fully saturated rings. The molecule has 0 heterocycles. The van der Waals surface area contributed by atoms with Crippen LogP contribution in [0.3, 0.4) is 0 Å². The van der Waals surface area contributed by atoms with E-state index in [1.54, 1.807) is 24.3 Å². The Morgan fingerprint density at radius 1 is 1.03 bits per heavy atom. The highest BCUT2D eigenvalue weighted by molar-refractivity contribution is 7.80. The minimum absolute atomic E-state index is 0.212. The molecule has 0 bridgehead atoms. The molecular formula is C18H17N5O7S. The summed E-state index contributed by atoms with van der Waals surface area (Å²) in [6.45, 7) is 0.613. The van der Waals surface area contributed by atoms with Crippen LogP contribution in [0.2, 0.25) is 0 Å². The van der Waals surface area contributed by atoms with Crippen LogP contribution in [0.5, 0.6) is 0 Å². The number of hydrogen-bond donors (Lipinski definition) is 3. The van der Waals surface area contributed by atoms with Gasteiger partial charge in [-0.25, -0.2) is 0 Å². The highest BCUT2D eigenvalue weighted by Crippen LogP contribution is 2.22. The van der Waals surface area contributed by atoms with Crippen LogP contribution in [0.1, 0.15) is 20.7 Å². The molecule has 162 valence electrons. The normalized spacial score (nSPS) is 10.1. The number of carbonyl (C=O) groups is 2. The number of ether oxygens (including phenoxy) is 1. The van der Waals surface area contributed by atoms with E-state index >= 15 is 0 Å². The SMILES string of the molecule is COCCNC(=O)c1ccccc1NC(=S)NC(=O)c1cc([N+](=O)[O-])cc([N+](=O)[O-])c1. The monoisotopic (exact) mass is 447 g/mol. The molecule has 0 radical (unpaired) electrons. The third kappa shape index (κ3) is 6.52. The summed E-state index contributed by atoms with van der Waals surface area (Å²) in [5, 5.41) is 29.4. The van der Waals surface area contributed by atoms with E-state index in [-0.39, 0.29) is 22.8 Å². The van der Waals surface area contributed by atoms with Gasteiger partial charge in [0.05, 0.1) is 39.3 Å². The molecule has 0 spiro atoms. The van der Waals surface area contributed by atoms with E-state index < -0.39 is 33.0 Å². The molecule has 2 aromatic rings. The molecule has 2 rings (SSSR count). The van der Waals surface area contributed by atoms with Crippen molar-refractivity contribution in [3.05, 3.63) is 73.8 Å². The van der Waals surface area contributed by atoms with Gasteiger partial charge in [-0.2, -0.15) is 0 Å². The number of amides is 2. The van der Waals surface area contributed by atoms with Gasteiger partial charge >= 0.3 is 0 Å². The van der Waals surface area contributed by atoms with Gasteiger partial charge in [-0.3, -0.25) is 35.1 Å². The molecule has 12 nitrogen and oxygen atoms in total. The quantitative estimate of drug-likeness (QED) is 0.237. The molecule has 31 heavy (non-hydrogen) atoms. The molecule has 2 amide bonds. The van der Waals surface area contributed by atoms with Crippen LogP contribution in [0.25, 0.3) is 0 Å². The minimum Gasteiger partial charge on any atom is -0.383 e. The number of non-ortho nitro benzene ring substituents is 2. The summed E-state index contributed by atoms with van der Waals surface area (Å²) in [4.78, 5) is 45.0. The summed E-state index contributed by atoms with van der Waals surface area (Å²) >= 11 is 5.07. The smallest absolute Gasteiger partial charge is 0.277 e. The highest BCUT2D eigenvalue weighted by Gasteiger charge is 2.21. The van der Waals surface area contributed by atoms with Crippen LogP contribution in [-0.2, 0) is 4.74 Å². The molecule has 0 saturated heterocycles. The Morgan fingerprint density at radius 2 is 1.65 bits per heavy atom. The Hall–Kier alpha value is -3.97. The Kier molecular flexibility index (Phi) is 8.05. The van der Waals surface area contributed by atoms with Crippen molar-refractivity contribution in [3.63, 3.8) is 0 Å². The predicted octanol–water partition coefficient (Wildman–Crippen LogP) is 2.01. The molecule has 0 aliphatic carbocycles. The van der Waals surface area contributed by atoms with Crippen molar-refractivity contribution < 1.29 is 24.2 Å². The fraction of sp³-hybridized carbons (Fsp3) is 0.167. The first kappa shape index (κ1) is 23.3. The number of nitrogens with one attached hydrogen (secondary N) is 3. The maximum atomic E-state index is 12.4. The first-order chi connectivity index (χ1) is 14.7. The molecule has 3 N–H and O–H groups in total. The number of thiocarbonyl (C=S) groups is 1. The van der Waals surface area contributed by atoms with Crippen molar-refractivity contribution >= 4 is 46.2 Å². The maximum Gasteiger partial charge on any atom is 0.277 e. The molecule has 2 aromatic carbocycles. The lowest BCUT2D eigenvalue weighted by atomic mass is 10.1. The summed E-state index contributed by atoms with van der Waals surface area (Å²) in [5.74, 6) is -1.30. The summed E-state index contributed by atoms with van der Waals surface area (Å²) < 4.78 is 4.87. The van der Waals surface area contributed by atoms with Gasteiger partial charge in [-0.05, 0) is 24.4 Å². The summed E-state index contributed by atoms with van der Waals surface area (Å²) in [6.07, 6.45) is 0. The van der Waals surface area contributed by atoms with E-state index in [0.29, 0.717) is 12.3 Å². The summed E-state index contributed by atoms with van der Waals surface area (Å²) in [5.41, 5.74) is -1.00. The first-order valence-electron chi connectivity index (χ1n) is 8.65. The average Bonchev–Trinajstić information content (AvgIpc) is 2.73. The van der Waals surface area contributed by atoms with Crippen LogP contribution in [0.4, 0.5) is 17.1 Å². The molecule has 13 heteroatoms. The van der Waals surface area contributed by atoms with E-state index in [2.05, 4.69) is 16.0 Å². The Morgan fingerprint density at radius 3 is 2.23 bits per heavy atom. The van der Waals surface area contributed by atoms with Gasteiger partial charge in [0.25, 0.3) is 23.2 Å². The van der Waals surface area contributed by atoms with Gasteiger partial charge in [0.15, 0.2) is 5.11 Å². The largest absolute Gasteiger partial charge is 0.383 e. The Balaban J connectivity index is 2.15. The van der Waals surface area contributed by atoms with E-state index in [0.717, 1.165) is 18.2 Å². The number of carbonyl (C=O) groups excluding carboxylic acids is 2. The maximum absolute atomic E-state index is 12.4. The molecular weight excluding hydrogens is 430 g/mol. The number of benzene rings is 2. The number of nitro groups is 2. The van der Waals surface area contributed by atoms with Crippen molar-refractivity contribution in [2.24, 2.45) is 0 Å². The minimum atomic E-state index is -0.897. The summed E-state index contributed by atoms with van der Waals surface area (Å²) in [7, 11) is 1.50. The lowest BCUT2D eigenvalue weighted by Crippen LogP contribution is -2.35. The third-order valence-electron chi connectivity index (χ3n) is 3.83. The Bertz CT molecular complexity index is 1010. The first-order valence-corrected chi connectivity index (χ1v) is 9.06. The average molecular weight is 447 g/mol. The zero-order chi connectivity index (χ0) is 23.0. The van der Waals surface area contributed by atoms with E-state index in [9.17, 15) is 29.8 Å². The van der Waals surface area contributed by atoms with Gasteiger partial charge in [0.1, 0.15) is 0 Å². The highest BCUT2D eigenvalue weighted by atomic mass is 32.1. The zero-order valence-corrected chi connectivity index (χ0v) is 16.9. The van der Waals surface area contributed by atoms with Crippen LogP contribution < -0.4 is 16.0 Å². The predicted molar refractivity (Wildman–Crippen MR) is 114 cm³/mol. The van der Waals surface area contributed by atoms with Crippen LogP contribution >= 0.6 is 12.2 Å². The second-order valence-corrected chi connectivity index (χ2v) is 6.36. The van der Waals surface area contributed by atoms with Gasteiger partial charge < -0.3 is 15.4 Å². The second kappa shape index (κ2) is 10.7.